The van der Waals surface area contributed by atoms with Crippen LogP contribution in [0.3, 0.4) is 0 Å². The summed E-state index contributed by atoms with van der Waals surface area (Å²) in [5.41, 5.74) is 7.84. The summed E-state index contributed by atoms with van der Waals surface area (Å²) >= 11 is 0. The van der Waals surface area contributed by atoms with Crippen LogP contribution in [0.15, 0.2) is 36.4 Å². The molecule has 0 amide bonds. The third kappa shape index (κ3) is 3.12. The molecule has 0 saturated carbocycles. The van der Waals surface area contributed by atoms with Gasteiger partial charge in [0.2, 0.25) is 0 Å². The molecule has 5 heteroatoms. The zero-order chi connectivity index (χ0) is 14.5. The van der Waals surface area contributed by atoms with Crippen LogP contribution >= 0.6 is 0 Å². The molecule has 0 bridgehead atoms. The normalized spacial score (nSPS) is 10.2. The fourth-order valence-corrected chi connectivity index (χ4v) is 1.87. The van der Waals surface area contributed by atoms with Gasteiger partial charge in [-0.05, 0) is 35.9 Å². The Bertz CT molecular complexity index is 602. The largest absolute Gasteiger partial charge is 0.493 e. The highest BCUT2D eigenvalue weighted by atomic mass is 19.1. The van der Waals surface area contributed by atoms with Gasteiger partial charge in [0, 0.05) is 6.54 Å². The Hall–Kier alpha value is -2.43. The van der Waals surface area contributed by atoms with Gasteiger partial charge in [0.05, 0.1) is 25.6 Å². The number of ether oxygens (including phenoxy) is 2. The number of methoxy groups -OCH3 is 2. The monoisotopic (exact) mass is 276 g/mol. The first-order valence-corrected chi connectivity index (χ1v) is 6.14. The molecule has 2 aromatic rings. The van der Waals surface area contributed by atoms with Crippen molar-refractivity contribution >= 4 is 11.4 Å². The summed E-state index contributed by atoms with van der Waals surface area (Å²) in [4.78, 5) is 0. The lowest BCUT2D eigenvalue weighted by atomic mass is 10.2. The minimum atomic E-state index is -0.325. The number of hydrogen-bond acceptors (Lipinski definition) is 4. The number of anilines is 2. The molecule has 0 saturated heterocycles. The van der Waals surface area contributed by atoms with Crippen molar-refractivity contribution in [2.75, 3.05) is 25.3 Å². The molecule has 2 aromatic carbocycles. The molecule has 0 aliphatic carbocycles. The Morgan fingerprint density at radius 2 is 1.80 bits per heavy atom. The van der Waals surface area contributed by atoms with Crippen molar-refractivity contribution in [3.63, 3.8) is 0 Å². The fourth-order valence-electron chi connectivity index (χ4n) is 1.87. The zero-order valence-electron chi connectivity index (χ0n) is 11.4. The predicted octanol–water partition coefficient (Wildman–Crippen LogP) is 3.04. The van der Waals surface area contributed by atoms with Gasteiger partial charge >= 0.3 is 0 Å². The van der Waals surface area contributed by atoms with Gasteiger partial charge in [0.25, 0.3) is 0 Å². The highest BCUT2D eigenvalue weighted by Crippen LogP contribution is 2.28. The molecule has 0 aliphatic heterocycles. The van der Waals surface area contributed by atoms with Crippen LogP contribution in [0.4, 0.5) is 15.8 Å². The second kappa shape index (κ2) is 6.14. The van der Waals surface area contributed by atoms with Gasteiger partial charge in [-0.1, -0.05) is 6.07 Å². The minimum Gasteiger partial charge on any atom is -0.493 e. The van der Waals surface area contributed by atoms with Crippen molar-refractivity contribution in [3.05, 3.63) is 47.8 Å². The van der Waals surface area contributed by atoms with E-state index in [4.69, 9.17) is 15.2 Å². The lowest BCUT2D eigenvalue weighted by Gasteiger charge is -2.12. The number of hydrogen-bond donors (Lipinski definition) is 2. The molecule has 0 fully saturated rings. The molecule has 0 radical (unpaired) electrons. The molecule has 2 rings (SSSR count). The molecule has 4 nitrogen and oxygen atoms in total. The Kier molecular flexibility index (Phi) is 4.30. The standard InChI is InChI=1S/C15H17FN2O2/c1-19-14-6-3-10(7-15(14)20-2)9-18-13-8-11(16)4-5-12(13)17/h3-8,18H,9,17H2,1-2H3. The minimum absolute atomic E-state index is 0.325. The first kappa shape index (κ1) is 14.0. The predicted molar refractivity (Wildman–Crippen MR) is 77.7 cm³/mol. The van der Waals surface area contributed by atoms with Crippen molar-refractivity contribution in [3.8, 4) is 11.5 Å². The molecule has 0 spiro atoms. The Morgan fingerprint density at radius 1 is 1.05 bits per heavy atom. The summed E-state index contributed by atoms with van der Waals surface area (Å²) in [7, 11) is 3.17. The third-order valence-corrected chi connectivity index (χ3v) is 2.95. The second-order valence-corrected chi connectivity index (χ2v) is 4.27. The van der Waals surface area contributed by atoms with Crippen LogP contribution < -0.4 is 20.5 Å². The molecule has 0 aliphatic rings. The van der Waals surface area contributed by atoms with Gasteiger partial charge < -0.3 is 20.5 Å². The SMILES string of the molecule is COc1ccc(CNc2cc(F)ccc2N)cc1OC. The van der Waals surface area contributed by atoms with Gasteiger partial charge in [-0.25, -0.2) is 4.39 Å². The summed E-state index contributed by atoms with van der Waals surface area (Å²) < 4.78 is 23.6. The molecule has 0 aromatic heterocycles. The number of benzene rings is 2. The van der Waals surface area contributed by atoms with Gasteiger partial charge in [-0.15, -0.1) is 0 Å². The van der Waals surface area contributed by atoms with E-state index in [9.17, 15) is 4.39 Å². The van der Waals surface area contributed by atoms with Crippen LogP contribution in [0.2, 0.25) is 0 Å². The Balaban J connectivity index is 2.12. The lowest BCUT2D eigenvalue weighted by Crippen LogP contribution is -2.03. The van der Waals surface area contributed by atoms with Gasteiger partial charge in [-0.2, -0.15) is 0 Å². The van der Waals surface area contributed by atoms with E-state index in [0.29, 0.717) is 29.4 Å². The van der Waals surface area contributed by atoms with E-state index < -0.39 is 0 Å². The molecular weight excluding hydrogens is 259 g/mol. The summed E-state index contributed by atoms with van der Waals surface area (Å²) in [5, 5.41) is 3.10. The smallest absolute Gasteiger partial charge is 0.161 e. The second-order valence-electron chi connectivity index (χ2n) is 4.27. The van der Waals surface area contributed by atoms with Crippen molar-refractivity contribution in [2.24, 2.45) is 0 Å². The Morgan fingerprint density at radius 3 is 2.50 bits per heavy atom. The van der Waals surface area contributed by atoms with E-state index in [1.807, 2.05) is 18.2 Å². The van der Waals surface area contributed by atoms with Crippen LogP contribution in [0.1, 0.15) is 5.56 Å². The lowest BCUT2D eigenvalue weighted by molar-refractivity contribution is 0.354. The van der Waals surface area contributed by atoms with E-state index in [-0.39, 0.29) is 5.82 Å². The summed E-state index contributed by atoms with van der Waals surface area (Å²) in [5.74, 6) is 0.995. The van der Waals surface area contributed by atoms with E-state index in [1.165, 1.54) is 18.2 Å². The zero-order valence-corrected chi connectivity index (χ0v) is 11.4. The Labute approximate surface area is 117 Å². The van der Waals surface area contributed by atoms with Crippen molar-refractivity contribution in [1.29, 1.82) is 0 Å². The highest BCUT2D eigenvalue weighted by molar-refractivity contribution is 5.66. The highest BCUT2D eigenvalue weighted by Gasteiger charge is 2.05. The van der Waals surface area contributed by atoms with Crippen molar-refractivity contribution in [2.45, 2.75) is 6.54 Å². The van der Waals surface area contributed by atoms with E-state index in [1.54, 1.807) is 14.2 Å². The van der Waals surface area contributed by atoms with E-state index in [2.05, 4.69) is 5.32 Å². The summed E-state index contributed by atoms with van der Waals surface area (Å²) in [6.45, 7) is 0.508. The number of halogens is 1. The molecule has 0 unspecified atom stereocenters. The average Bonchev–Trinajstić information content (AvgIpc) is 2.47. The van der Waals surface area contributed by atoms with Gasteiger partial charge in [-0.3, -0.25) is 0 Å². The molecule has 20 heavy (non-hydrogen) atoms. The maximum Gasteiger partial charge on any atom is 0.161 e. The third-order valence-electron chi connectivity index (χ3n) is 2.95. The van der Waals surface area contributed by atoms with Crippen molar-refractivity contribution < 1.29 is 13.9 Å². The number of rotatable bonds is 5. The summed E-state index contributed by atoms with van der Waals surface area (Å²) in [6, 6.07) is 9.83. The maximum atomic E-state index is 13.2. The van der Waals surface area contributed by atoms with Gasteiger partial charge in [0.1, 0.15) is 5.82 Å². The van der Waals surface area contributed by atoms with Crippen LogP contribution in [0.25, 0.3) is 0 Å². The molecular formula is C15H17FN2O2. The van der Waals surface area contributed by atoms with E-state index in [0.717, 1.165) is 5.56 Å². The first-order chi connectivity index (χ1) is 9.63. The van der Waals surface area contributed by atoms with Gasteiger partial charge in [0.15, 0.2) is 11.5 Å². The van der Waals surface area contributed by atoms with E-state index >= 15 is 0 Å². The number of nitrogens with two attached hydrogens (primary N) is 1. The topological polar surface area (TPSA) is 56.5 Å². The molecule has 106 valence electrons. The van der Waals surface area contributed by atoms with Crippen LogP contribution in [-0.4, -0.2) is 14.2 Å². The van der Waals surface area contributed by atoms with Crippen LogP contribution in [0, 0.1) is 5.82 Å². The van der Waals surface area contributed by atoms with Crippen molar-refractivity contribution in [1.82, 2.24) is 0 Å². The number of nitrogen functional groups attached to an aromatic ring is 1. The number of nitrogens with one attached hydrogen (secondary N) is 1. The van der Waals surface area contributed by atoms with Crippen LogP contribution in [-0.2, 0) is 6.54 Å². The fraction of sp³-hybridized carbons (Fsp3) is 0.200. The molecule has 0 atom stereocenters. The molecule has 3 N–H and O–H groups in total. The maximum absolute atomic E-state index is 13.2. The first-order valence-electron chi connectivity index (χ1n) is 6.14. The quantitative estimate of drug-likeness (QED) is 0.824. The van der Waals surface area contributed by atoms with Crippen LogP contribution in [0.5, 0.6) is 11.5 Å². The summed E-state index contributed by atoms with van der Waals surface area (Å²) in [6.07, 6.45) is 0. The molecule has 0 heterocycles. The average molecular weight is 276 g/mol.